The van der Waals surface area contributed by atoms with Crippen LogP contribution >= 0.6 is 0 Å². The van der Waals surface area contributed by atoms with Crippen LogP contribution in [0.25, 0.3) is 16.8 Å². The second-order valence-corrected chi connectivity index (χ2v) is 7.50. The van der Waals surface area contributed by atoms with Crippen molar-refractivity contribution >= 4 is 11.9 Å². The Morgan fingerprint density at radius 1 is 1.03 bits per heavy atom. The van der Waals surface area contributed by atoms with Gasteiger partial charge >= 0.3 is 11.9 Å². The van der Waals surface area contributed by atoms with E-state index in [0.717, 1.165) is 24.2 Å². The Balaban J connectivity index is 1.51. The first kappa shape index (κ1) is 22.5. The predicted molar refractivity (Wildman–Crippen MR) is 120 cm³/mol. The molecule has 0 aliphatic carbocycles. The molecule has 172 valence electrons. The number of carboxylic acids is 1. The number of morpholine rings is 1. The molecule has 1 N–H and O–H groups in total. The number of hydrogen-bond acceptors (Lipinski definition) is 7. The molecular weight excluding hydrogens is 426 g/mol. The number of esters is 1. The third kappa shape index (κ3) is 5.21. The summed E-state index contributed by atoms with van der Waals surface area (Å²) in [4.78, 5) is 25.5. The molecule has 0 unspecified atom stereocenters. The van der Waals surface area contributed by atoms with Gasteiger partial charge in [-0.2, -0.15) is 5.10 Å². The number of benzene rings is 2. The summed E-state index contributed by atoms with van der Waals surface area (Å²) in [7, 11) is 1.35. The zero-order chi connectivity index (χ0) is 23.2. The molecule has 9 nitrogen and oxygen atoms in total. The number of aromatic carboxylic acids is 1. The van der Waals surface area contributed by atoms with Crippen LogP contribution in [0.4, 0.5) is 0 Å². The molecule has 2 aromatic carbocycles. The number of hydrogen-bond donors (Lipinski definition) is 1. The highest BCUT2D eigenvalue weighted by atomic mass is 16.5. The van der Waals surface area contributed by atoms with Gasteiger partial charge in [-0.25, -0.2) is 14.3 Å². The van der Waals surface area contributed by atoms with Crippen LogP contribution in [0, 0.1) is 0 Å². The van der Waals surface area contributed by atoms with Gasteiger partial charge in [0.1, 0.15) is 12.2 Å². The van der Waals surface area contributed by atoms with Gasteiger partial charge in [0.05, 0.1) is 37.8 Å². The van der Waals surface area contributed by atoms with E-state index in [4.69, 9.17) is 14.2 Å². The van der Waals surface area contributed by atoms with Crippen molar-refractivity contribution in [2.75, 3.05) is 46.6 Å². The first-order valence-electron chi connectivity index (χ1n) is 10.6. The van der Waals surface area contributed by atoms with Crippen LogP contribution in [-0.4, -0.2) is 78.3 Å². The molecule has 1 fully saturated rings. The van der Waals surface area contributed by atoms with Gasteiger partial charge in [0.2, 0.25) is 5.88 Å². The van der Waals surface area contributed by atoms with Crippen molar-refractivity contribution in [2.24, 2.45) is 0 Å². The number of methoxy groups -OCH3 is 1. The summed E-state index contributed by atoms with van der Waals surface area (Å²) < 4.78 is 17.5. The lowest BCUT2D eigenvalue weighted by Gasteiger charge is -2.26. The Bertz CT molecular complexity index is 1100. The number of carbonyl (C=O) groups is 2. The summed E-state index contributed by atoms with van der Waals surface area (Å²) in [6, 6.07) is 14.6. The van der Waals surface area contributed by atoms with Crippen LogP contribution in [-0.2, 0) is 9.47 Å². The van der Waals surface area contributed by atoms with Crippen molar-refractivity contribution in [3.05, 3.63) is 65.9 Å². The average Bonchev–Trinajstić information content (AvgIpc) is 3.28. The molecule has 1 aliphatic rings. The van der Waals surface area contributed by atoms with Crippen molar-refractivity contribution in [3.63, 3.8) is 0 Å². The molecule has 1 saturated heterocycles. The van der Waals surface area contributed by atoms with Crippen molar-refractivity contribution < 1.29 is 28.9 Å². The van der Waals surface area contributed by atoms with Gasteiger partial charge in [-0.15, -0.1) is 0 Å². The standard InChI is InChI=1S/C24H25N3O6/c1-31-24(30)19-4-2-17(3-5-19)18-6-8-20(9-7-18)27-22(21(16-25-27)23(28)29)33-15-12-26-10-13-32-14-11-26/h2-9,16H,10-15H2,1H3,(H,28,29). The maximum absolute atomic E-state index is 11.7. The van der Waals surface area contributed by atoms with Crippen LogP contribution in [0.5, 0.6) is 5.88 Å². The monoisotopic (exact) mass is 451 g/mol. The van der Waals surface area contributed by atoms with E-state index in [9.17, 15) is 14.7 Å². The van der Waals surface area contributed by atoms with E-state index < -0.39 is 5.97 Å². The molecule has 0 atom stereocenters. The summed E-state index contributed by atoms with van der Waals surface area (Å²) in [5.74, 6) is -1.28. The number of carboxylic acid groups (broad SMARTS) is 1. The molecule has 1 aromatic heterocycles. The Hall–Kier alpha value is -3.69. The van der Waals surface area contributed by atoms with Crippen molar-refractivity contribution in [1.82, 2.24) is 14.7 Å². The van der Waals surface area contributed by atoms with Crippen molar-refractivity contribution in [3.8, 4) is 22.7 Å². The van der Waals surface area contributed by atoms with E-state index >= 15 is 0 Å². The fraction of sp³-hybridized carbons (Fsp3) is 0.292. The fourth-order valence-corrected chi connectivity index (χ4v) is 3.61. The quantitative estimate of drug-likeness (QED) is 0.522. The van der Waals surface area contributed by atoms with E-state index in [1.807, 2.05) is 36.4 Å². The summed E-state index contributed by atoms with van der Waals surface area (Å²) >= 11 is 0. The molecule has 4 rings (SSSR count). The van der Waals surface area contributed by atoms with E-state index in [1.54, 1.807) is 12.1 Å². The maximum atomic E-state index is 11.7. The van der Waals surface area contributed by atoms with Crippen LogP contribution in [0.3, 0.4) is 0 Å². The average molecular weight is 451 g/mol. The molecule has 0 bridgehead atoms. The molecule has 2 heterocycles. The second-order valence-electron chi connectivity index (χ2n) is 7.50. The zero-order valence-electron chi connectivity index (χ0n) is 18.3. The maximum Gasteiger partial charge on any atom is 0.342 e. The highest BCUT2D eigenvalue weighted by molar-refractivity contribution is 5.90. The molecule has 3 aromatic rings. The van der Waals surface area contributed by atoms with E-state index in [0.29, 0.717) is 37.6 Å². The first-order chi connectivity index (χ1) is 16.1. The van der Waals surface area contributed by atoms with Gasteiger partial charge in [-0.05, 0) is 35.4 Å². The third-order valence-electron chi connectivity index (χ3n) is 5.46. The summed E-state index contributed by atoms with van der Waals surface area (Å²) in [6.45, 7) is 4.06. The minimum Gasteiger partial charge on any atom is -0.477 e. The molecule has 0 radical (unpaired) electrons. The number of carbonyl (C=O) groups excluding carboxylic acids is 1. The van der Waals surface area contributed by atoms with Crippen LogP contribution in [0.1, 0.15) is 20.7 Å². The van der Waals surface area contributed by atoms with E-state index in [-0.39, 0.29) is 17.4 Å². The number of aromatic nitrogens is 2. The van der Waals surface area contributed by atoms with Crippen LogP contribution in [0.2, 0.25) is 0 Å². The smallest absolute Gasteiger partial charge is 0.342 e. The summed E-state index contributed by atoms with van der Waals surface area (Å²) in [5.41, 5.74) is 3.05. The lowest BCUT2D eigenvalue weighted by molar-refractivity contribution is 0.0317. The fourth-order valence-electron chi connectivity index (χ4n) is 3.61. The van der Waals surface area contributed by atoms with Gasteiger partial charge in [-0.3, -0.25) is 4.90 Å². The Morgan fingerprint density at radius 2 is 1.67 bits per heavy atom. The lowest BCUT2D eigenvalue weighted by atomic mass is 10.0. The topological polar surface area (TPSA) is 103 Å². The summed E-state index contributed by atoms with van der Waals surface area (Å²) in [5, 5.41) is 13.8. The Kier molecular flexibility index (Phi) is 7.01. The predicted octanol–water partition coefficient (Wildman–Crippen LogP) is 2.74. The summed E-state index contributed by atoms with van der Waals surface area (Å²) in [6.07, 6.45) is 1.30. The first-order valence-corrected chi connectivity index (χ1v) is 10.6. The van der Waals surface area contributed by atoms with Crippen molar-refractivity contribution in [2.45, 2.75) is 0 Å². The van der Waals surface area contributed by atoms with Crippen LogP contribution < -0.4 is 4.74 Å². The molecule has 0 amide bonds. The van der Waals surface area contributed by atoms with Gasteiger partial charge in [0, 0.05) is 19.6 Å². The second kappa shape index (κ2) is 10.3. The molecule has 1 aliphatic heterocycles. The van der Waals surface area contributed by atoms with Gasteiger partial charge in [0.15, 0.2) is 0 Å². The third-order valence-corrected chi connectivity index (χ3v) is 5.46. The minimum absolute atomic E-state index is 0.0134. The molecule has 0 saturated carbocycles. The number of ether oxygens (including phenoxy) is 3. The van der Waals surface area contributed by atoms with Crippen molar-refractivity contribution in [1.29, 1.82) is 0 Å². The molecule has 0 spiro atoms. The molecular formula is C24H25N3O6. The Morgan fingerprint density at radius 3 is 2.27 bits per heavy atom. The molecule has 33 heavy (non-hydrogen) atoms. The van der Waals surface area contributed by atoms with E-state index in [1.165, 1.54) is 18.0 Å². The minimum atomic E-state index is -1.09. The molecule has 9 heteroatoms. The normalized spacial score (nSPS) is 14.1. The highest BCUT2D eigenvalue weighted by Gasteiger charge is 2.20. The largest absolute Gasteiger partial charge is 0.477 e. The van der Waals surface area contributed by atoms with Gasteiger partial charge in [-0.1, -0.05) is 24.3 Å². The lowest BCUT2D eigenvalue weighted by Crippen LogP contribution is -2.38. The highest BCUT2D eigenvalue weighted by Crippen LogP contribution is 2.26. The van der Waals surface area contributed by atoms with Gasteiger partial charge < -0.3 is 19.3 Å². The zero-order valence-corrected chi connectivity index (χ0v) is 18.3. The number of nitrogens with zero attached hydrogens (tertiary/aromatic N) is 3. The Labute approximate surface area is 191 Å². The van der Waals surface area contributed by atoms with E-state index in [2.05, 4.69) is 10.00 Å². The SMILES string of the molecule is COC(=O)c1ccc(-c2ccc(-n3ncc(C(=O)O)c3OCCN3CCOCC3)cc2)cc1. The van der Waals surface area contributed by atoms with Crippen LogP contribution in [0.15, 0.2) is 54.7 Å². The van der Waals surface area contributed by atoms with Gasteiger partial charge in [0.25, 0.3) is 0 Å². The number of rotatable bonds is 8.